The van der Waals surface area contributed by atoms with Crippen molar-refractivity contribution in [2.45, 2.75) is 6.92 Å². The standard InChI is InChI=1S/C21H18N4O3S/c1-14(26)22-17-3-2-4-18(11-17)28-13-20(27)23-16-7-5-15(6-8-16)19-12-25-9-10-29-21(25)24-19/h2-12H,13H2,1H3,(H,22,26)(H,23,27). The first-order valence-electron chi connectivity index (χ1n) is 8.90. The number of thiazole rings is 1. The Kier molecular flexibility index (Phi) is 5.26. The van der Waals surface area contributed by atoms with Gasteiger partial charge in [-0.2, -0.15) is 0 Å². The number of imidazole rings is 1. The summed E-state index contributed by atoms with van der Waals surface area (Å²) in [7, 11) is 0. The van der Waals surface area contributed by atoms with Crippen LogP contribution in [0.25, 0.3) is 16.2 Å². The van der Waals surface area contributed by atoms with Crippen LogP contribution in [0.3, 0.4) is 0 Å². The highest BCUT2D eigenvalue weighted by atomic mass is 32.1. The number of anilines is 2. The number of amides is 2. The fourth-order valence-electron chi connectivity index (χ4n) is 2.80. The van der Waals surface area contributed by atoms with Crippen LogP contribution in [-0.2, 0) is 9.59 Å². The number of hydrogen-bond donors (Lipinski definition) is 2. The van der Waals surface area contributed by atoms with Crippen molar-refractivity contribution in [3.05, 3.63) is 66.3 Å². The number of aromatic nitrogens is 2. The first-order chi connectivity index (χ1) is 14.1. The molecule has 8 heteroatoms. The fourth-order valence-corrected chi connectivity index (χ4v) is 3.50. The molecule has 7 nitrogen and oxygen atoms in total. The molecule has 4 rings (SSSR count). The Balaban J connectivity index is 1.34. The second-order valence-corrected chi connectivity index (χ2v) is 7.22. The monoisotopic (exact) mass is 406 g/mol. The molecule has 0 fully saturated rings. The van der Waals surface area contributed by atoms with E-state index in [0.717, 1.165) is 16.2 Å². The van der Waals surface area contributed by atoms with Crippen molar-refractivity contribution in [1.82, 2.24) is 9.38 Å². The van der Waals surface area contributed by atoms with Crippen LogP contribution in [0, 0.1) is 0 Å². The summed E-state index contributed by atoms with van der Waals surface area (Å²) in [6.45, 7) is 1.30. The minimum absolute atomic E-state index is 0.136. The van der Waals surface area contributed by atoms with Crippen LogP contribution < -0.4 is 15.4 Å². The summed E-state index contributed by atoms with van der Waals surface area (Å²) in [5.41, 5.74) is 3.16. The lowest BCUT2D eigenvalue weighted by Gasteiger charge is -2.09. The average Bonchev–Trinajstić information content (AvgIpc) is 3.29. The normalized spacial score (nSPS) is 10.7. The first kappa shape index (κ1) is 18.7. The molecule has 2 aromatic carbocycles. The minimum atomic E-state index is -0.273. The van der Waals surface area contributed by atoms with Gasteiger partial charge in [0.1, 0.15) is 5.75 Å². The summed E-state index contributed by atoms with van der Waals surface area (Å²) >= 11 is 1.58. The Bertz CT molecular complexity index is 1140. The maximum atomic E-state index is 12.2. The van der Waals surface area contributed by atoms with Gasteiger partial charge in [-0.3, -0.25) is 14.0 Å². The second kappa shape index (κ2) is 8.15. The third kappa shape index (κ3) is 4.61. The van der Waals surface area contributed by atoms with Crippen molar-refractivity contribution >= 4 is 39.5 Å². The average molecular weight is 406 g/mol. The molecule has 2 amide bonds. The molecule has 0 saturated carbocycles. The van der Waals surface area contributed by atoms with E-state index in [9.17, 15) is 9.59 Å². The molecule has 0 bridgehead atoms. The van der Waals surface area contributed by atoms with Crippen LogP contribution >= 0.6 is 11.3 Å². The summed E-state index contributed by atoms with van der Waals surface area (Å²) in [6.07, 6.45) is 3.94. The van der Waals surface area contributed by atoms with E-state index in [0.29, 0.717) is 17.1 Å². The number of benzene rings is 2. The van der Waals surface area contributed by atoms with Gasteiger partial charge in [0.2, 0.25) is 5.91 Å². The van der Waals surface area contributed by atoms with Gasteiger partial charge in [-0.15, -0.1) is 11.3 Å². The van der Waals surface area contributed by atoms with Crippen LogP contribution in [-0.4, -0.2) is 27.8 Å². The lowest BCUT2D eigenvalue weighted by Crippen LogP contribution is -2.20. The number of nitrogens with zero attached hydrogens (tertiary/aromatic N) is 2. The van der Waals surface area contributed by atoms with Crippen molar-refractivity contribution in [2.24, 2.45) is 0 Å². The molecule has 0 spiro atoms. The third-order valence-corrected chi connectivity index (χ3v) is 4.85. The maximum absolute atomic E-state index is 12.2. The van der Waals surface area contributed by atoms with E-state index in [4.69, 9.17) is 4.74 Å². The van der Waals surface area contributed by atoms with Crippen molar-refractivity contribution in [3.8, 4) is 17.0 Å². The summed E-state index contributed by atoms with van der Waals surface area (Å²) in [6, 6.07) is 14.4. The molecule has 0 aliphatic rings. The Morgan fingerprint density at radius 2 is 1.93 bits per heavy atom. The molecule has 2 heterocycles. The molecule has 146 valence electrons. The molecule has 4 aromatic rings. The number of hydrogen-bond acceptors (Lipinski definition) is 5. The quantitative estimate of drug-likeness (QED) is 0.506. The third-order valence-electron chi connectivity index (χ3n) is 4.08. The molecule has 29 heavy (non-hydrogen) atoms. The van der Waals surface area contributed by atoms with E-state index in [2.05, 4.69) is 15.6 Å². The van der Waals surface area contributed by atoms with Gasteiger partial charge in [0.15, 0.2) is 11.6 Å². The zero-order valence-electron chi connectivity index (χ0n) is 15.6. The van der Waals surface area contributed by atoms with Gasteiger partial charge >= 0.3 is 0 Å². The first-order valence-corrected chi connectivity index (χ1v) is 9.78. The zero-order valence-corrected chi connectivity index (χ0v) is 16.4. The fraction of sp³-hybridized carbons (Fsp3) is 0.0952. The Morgan fingerprint density at radius 1 is 1.10 bits per heavy atom. The molecule has 0 aliphatic carbocycles. The molecule has 0 saturated heterocycles. The van der Waals surface area contributed by atoms with Gasteiger partial charge in [0.25, 0.3) is 5.91 Å². The Morgan fingerprint density at radius 3 is 2.69 bits per heavy atom. The van der Waals surface area contributed by atoms with Crippen molar-refractivity contribution in [3.63, 3.8) is 0 Å². The van der Waals surface area contributed by atoms with E-state index < -0.39 is 0 Å². The number of fused-ring (bicyclic) bond motifs is 1. The van der Waals surface area contributed by atoms with Crippen molar-refractivity contribution in [1.29, 1.82) is 0 Å². The van der Waals surface area contributed by atoms with Crippen LogP contribution in [0.1, 0.15) is 6.92 Å². The van der Waals surface area contributed by atoms with Gasteiger partial charge in [-0.05, 0) is 24.3 Å². The van der Waals surface area contributed by atoms with E-state index >= 15 is 0 Å². The van der Waals surface area contributed by atoms with E-state index in [1.165, 1.54) is 6.92 Å². The molecule has 0 unspecified atom stereocenters. The molecule has 0 atom stereocenters. The molecular formula is C21H18N4O3S. The number of carbonyl (C=O) groups is 2. The van der Waals surface area contributed by atoms with Crippen molar-refractivity contribution < 1.29 is 14.3 Å². The lowest BCUT2D eigenvalue weighted by atomic mass is 10.1. The van der Waals surface area contributed by atoms with E-state index in [1.54, 1.807) is 35.6 Å². The molecular weight excluding hydrogens is 388 g/mol. The van der Waals surface area contributed by atoms with Crippen LogP contribution in [0.2, 0.25) is 0 Å². The summed E-state index contributed by atoms with van der Waals surface area (Å²) in [5, 5.41) is 7.46. The minimum Gasteiger partial charge on any atom is -0.484 e. The highest BCUT2D eigenvalue weighted by Gasteiger charge is 2.08. The predicted octanol–water partition coefficient (Wildman–Crippen LogP) is 4.04. The number of ether oxygens (including phenoxy) is 1. The van der Waals surface area contributed by atoms with Gasteiger partial charge in [0.05, 0.1) is 5.69 Å². The Hall–Kier alpha value is -3.65. The predicted molar refractivity (Wildman–Crippen MR) is 113 cm³/mol. The largest absolute Gasteiger partial charge is 0.484 e. The van der Waals surface area contributed by atoms with E-state index in [-0.39, 0.29) is 18.4 Å². The molecule has 0 radical (unpaired) electrons. The van der Waals surface area contributed by atoms with Gasteiger partial charge in [-0.1, -0.05) is 18.2 Å². The topological polar surface area (TPSA) is 84.7 Å². The van der Waals surface area contributed by atoms with Gasteiger partial charge in [-0.25, -0.2) is 4.98 Å². The molecule has 2 N–H and O–H groups in total. The lowest BCUT2D eigenvalue weighted by molar-refractivity contribution is -0.118. The molecule has 0 aliphatic heterocycles. The zero-order chi connectivity index (χ0) is 20.2. The second-order valence-electron chi connectivity index (χ2n) is 6.34. The number of rotatable bonds is 6. The smallest absolute Gasteiger partial charge is 0.262 e. The summed E-state index contributed by atoms with van der Waals surface area (Å²) in [5.74, 6) is 0.0606. The van der Waals surface area contributed by atoms with Crippen LogP contribution in [0.15, 0.2) is 66.3 Å². The maximum Gasteiger partial charge on any atom is 0.262 e. The van der Waals surface area contributed by atoms with Crippen LogP contribution in [0.5, 0.6) is 5.75 Å². The SMILES string of the molecule is CC(=O)Nc1cccc(OCC(=O)Nc2ccc(-c3cn4ccsc4n3)cc2)c1. The van der Waals surface area contributed by atoms with Gasteiger partial charge in [0, 0.05) is 47.7 Å². The Labute approximate surface area is 171 Å². The molecule has 2 aromatic heterocycles. The number of carbonyl (C=O) groups excluding carboxylic acids is 2. The van der Waals surface area contributed by atoms with E-state index in [1.807, 2.05) is 46.4 Å². The highest BCUT2D eigenvalue weighted by molar-refractivity contribution is 7.15. The van der Waals surface area contributed by atoms with Crippen LogP contribution in [0.4, 0.5) is 11.4 Å². The summed E-state index contributed by atoms with van der Waals surface area (Å²) in [4.78, 5) is 28.8. The van der Waals surface area contributed by atoms with Crippen molar-refractivity contribution in [2.75, 3.05) is 17.2 Å². The number of nitrogens with one attached hydrogen (secondary N) is 2. The van der Waals surface area contributed by atoms with Gasteiger partial charge < -0.3 is 15.4 Å². The summed E-state index contributed by atoms with van der Waals surface area (Å²) < 4.78 is 7.49. The highest BCUT2D eigenvalue weighted by Crippen LogP contribution is 2.23.